The van der Waals surface area contributed by atoms with Gasteiger partial charge in [0.05, 0.1) is 16.5 Å². The SMILES string of the molecule is CC(C)(C)OC(=O)N1CCN(C(=O)c2cc(C(N)=O)cs2)C(c2cccc(Cl)c2)C1. The standard InChI is InChI=1S/C21H24ClN3O4S/c1-21(2,3)29-20(28)24-7-8-25(16(11-24)13-5-4-6-15(22)9-13)19(27)17-10-14(12-30-17)18(23)26/h4-6,9-10,12,16H,7-8,11H2,1-3H3,(H2,23,26). The number of carbonyl (C=O) groups is 3. The minimum Gasteiger partial charge on any atom is -0.444 e. The van der Waals surface area contributed by atoms with E-state index in [1.54, 1.807) is 27.3 Å². The Bertz CT molecular complexity index is 969. The smallest absolute Gasteiger partial charge is 0.410 e. The number of nitrogens with two attached hydrogens (primary N) is 1. The van der Waals surface area contributed by atoms with Crippen molar-refractivity contribution >= 4 is 40.8 Å². The minimum absolute atomic E-state index is 0.221. The van der Waals surface area contributed by atoms with Gasteiger partial charge in [-0.1, -0.05) is 23.7 Å². The molecule has 9 heteroatoms. The third-order valence-corrected chi connectivity index (χ3v) is 5.77. The number of carbonyl (C=O) groups excluding carboxylic acids is 3. The molecule has 0 aliphatic carbocycles. The van der Waals surface area contributed by atoms with Gasteiger partial charge in [-0.3, -0.25) is 9.59 Å². The van der Waals surface area contributed by atoms with Gasteiger partial charge in [0, 0.05) is 30.0 Å². The first kappa shape index (κ1) is 22.1. The number of hydrogen-bond acceptors (Lipinski definition) is 5. The van der Waals surface area contributed by atoms with Crippen molar-refractivity contribution in [2.24, 2.45) is 5.73 Å². The van der Waals surface area contributed by atoms with E-state index < -0.39 is 23.6 Å². The molecule has 0 saturated carbocycles. The predicted octanol–water partition coefficient (Wildman–Crippen LogP) is 3.93. The third-order valence-electron chi connectivity index (χ3n) is 4.62. The Balaban J connectivity index is 1.89. The molecule has 30 heavy (non-hydrogen) atoms. The Morgan fingerprint density at radius 2 is 1.93 bits per heavy atom. The second-order valence-electron chi connectivity index (χ2n) is 8.06. The zero-order chi connectivity index (χ0) is 22.1. The summed E-state index contributed by atoms with van der Waals surface area (Å²) in [6.07, 6.45) is -0.422. The van der Waals surface area contributed by atoms with Crippen molar-refractivity contribution in [3.8, 4) is 0 Å². The number of ether oxygens (including phenoxy) is 1. The fourth-order valence-corrected chi connectivity index (χ4v) is 4.29. The van der Waals surface area contributed by atoms with E-state index in [0.717, 1.165) is 5.56 Å². The van der Waals surface area contributed by atoms with Crippen LogP contribution in [-0.2, 0) is 4.74 Å². The van der Waals surface area contributed by atoms with Gasteiger partial charge in [-0.05, 0) is 44.5 Å². The molecule has 1 atom stereocenters. The second-order valence-corrected chi connectivity index (χ2v) is 9.41. The van der Waals surface area contributed by atoms with E-state index >= 15 is 0 Å². The van der Waals surface area contributed by atoms with Crippen molar-refractivity contribution in [3.05, 3.63) is 56.7 Å². The first-order chi connectivity index (χ1) is 14.0. The number of thiophene rings is 1. The molecule has 0 bridgehead atoms. The topological polar surface area (TPSA) is 92.9 Å². The van der Waals surface area contributed by atoms with Crippen molar-refractivity contribution in [1.82, 2.24) is 9.80 Å². The molecule has 2 aromatic rings. The molecular weight excluding hydrogens is 426 g/mol. The number of benzene rings is 1. The zero-order valence-corrected chi connectivity index (χ0v) is 18.6. The molecule has 1 aromatic heterocycles. The minimum atomic E-state index is -0.613. The highest BCUT2D eigenvalue weighted by atomic mass is 35.5. The van der Waals surface area contributed by atoms with Crippen LogP contribution in [0.25, 0.3) is 0 Å². The number of hydrogen-bond donors (Lipinski definition) is 1. The van der Waals surface area contributed by atoms with Crippen LogP contribution in [0.3, 0.4) is 0 Å². The Morgan fingerprint density at radius 3 is 2.53 bits per heavy atom. The summed E-state index contributed by atoms with van der Waals surface area (Å²) in [4.78, 5) is 40.9. The highest BCUT2D eigenvalue weighted by Crippen LogP contribution is 2.30. The fraction of sp³-hybridized carbons (Fsp3) is 0.381. The Morgan fingerprint density at radius 1 is 1.20 bits per heavy atom. The molecule has 1 unspecified atom stereocenters. The quantitative estimate of drug-likeness (QED) is 0.768. The van der Waals surface area contributed by atoms with Gasteiger partial charge in [-0.15, -0.1) is 11.3 Å². The van der Waals surface area contributed by atoms with Gasteiger partial charge in [0.1, 0.15) is 5.60 Å². The van der Waals surface area contributed by atoms with Gasteiger partial charge in [0.25, 0.3) is 5.91 Å². The van der Waals surface area contributed by atoms with E-state index in [1.807, 2.05) is 32.9 Å². The van der Waals surface area contributed by atoms with Crippen molar-refractivity contribution in [3.63, 3.8) is 0 Å². The van der Waals surface area contributed by atoms with Crippen LogP contribution in [0.2, 0.25) is 5.02 Å². The third kappa shape index (κ3) is 5.12. The summed E-state index contributed by atoms with van der Waals surface area (Å²) in [5, 5.41) is 2.11. The van der Waals surface area contributed by atoms with Crippen LogP contribution >= 0.6 is 22.9 Å². The second kappa shape index (κ2) is 8.65. The zero-order valence-electron chi connectivity index (χ0n) is 17.1. The molecule has 160 valence electrons. The van der Waals surface area contributed by atoms with E-state index in [4.69, 9.17) is 22.1 Å². The number of piperazine rings is 1. The Kier molecular flexibility index (Phi) is 6.38. The number of nitrogens with zero attached hydrogens (tertiary/aromatic N) is 2. The largest absolute Gasteiger partial charge is 0.444 e. The van der Waals surface area contributed by atoms with Crippen molar-refractivity contribution in [1.29, 1.82) is 0 Å². The van der Waals surface area contributed by atoms with Crippen LogP contribution in [-0.4, -0.2) is 52.9 Å². The molecule has 1 fully saturated rings. The monoisotopic (exact) mass is 449 g/mol. The lowest BCUT2D eigenvalue weighted by atomic mass is 10.0. The molecule has 0 spiro atoms. The molecule has 2 N–H and O–H groups in total. The summed E-state index contributed by atoms with van der Waals surface area (Å²) < 4.78 is 5.50. The van der Waals surface area contributed by atoms with Crippen LogP contribution < -0.4 is 5.73 Å². The van der Waals surface area contributed by atoms with Crippen LogP contribution in [0.15, 0.2) is 35.7 Å². The Labute approximate surface area is 184 Å². The van der Waals surface area contributed by atoms with Crippen molar-refractivity contribution in [2.45, 2.75) is 32.4 Å². The van der Waals surface area contributed by atoms with Gasteiger partial charge in [-0.25, -0.2) is 4.79 Å². The summed E-state index contributed by atoms with van der Waals surface area (Å²) in [5.41, 5.74) is 5.82. The molecule has 2 heterocycles. The van der Waals surface area contributed by atoms with E-state index in [9.17, 15) is 14.4 Å². The van der Waals surface area contributed by atoms with Crippen LogP contribution in [0.1, 0.15) is 52.4 Å². The maximum absolute atomic E-state index is 13.2. The van der Waals surface area contributed by atoms with Gasteiger partial charge < -0.3 is 20.3 Å². The van der Waals surface area contributed by atoms with Gasteiger partial charge in [-0.2, -0.15) is 0 Å². The molecule has 0 radical (unpaired) electrons. The van der Waals surface area contributed by atoms with Crippen LogP contribution in [0, 0.1) is 0 Å². The molecule has 3 rings (SSSR count). The summed E-state index contributed by atoms with van der Waals surface area (Å²) in [6, 6.07) is 8.32. The summed E-state index contributed by atoms with van der Waals surface area (Å²) in [7, 11) is 0. The number of amides is 3. The average molecular weight is 450 g/mol. The van der Waals surface area contributed by atoms with E-state index in [0.29, 0.717) is 28.6 Å². The molecule has 1 aliphatic rings. The highest BCUT2D eigenvalue weighted by Gasteiger charge is 2.36. The number of rotatable bonds is 3. The summed E-state index contributed by atoms with van der Waals surface area (Å²) in [6.45, 7) is 6.37. The maximum Gasteiger partial charge on any atom is 0.410 e. The Hall–Kier alpha value is -2.58. The fourth-order valence-electron chi connectivity index (χ4n) is 3.24. The van der Waals surface area contributed by atoms with Crippen molar-refractivity contribution in [2.75, 3.05) is 19.6 Å². The lowest BCUT2D eigenvalue weighted by molar-refractivity contribution is 0.00418. The van der Waals surface area contributed by atoms with E-state index in [1.165, 1.54) is 17.4 Å². The summed E-state index contributed by atoms with van der Waals surface area (Å²) in [5.74, 6) is -0.798. The highest BCUT2D eigenvalue weighted by molar-refractivity contribution is 7.12. The lowest BCUT2D eigenvalue weighted by Gasteiger charge is -2.41. The van der Waals surface area contributed by atoms with Crippen LogP contribution in [0.5, 0.6) is 0 Å². The molecular formula is C21H24ClN3O4S. The molecule has 1 aliphatic heterocycles. The average Bonchev–Trinajstić information content (AvgIpc) is 3.16. The van der Waals surface area contributed by atoms with E-state index in [-0.39, 0.29) is 12.5 Å². The first-order valence-electron chi connectivity index (χ1n) is 9.48. The number of halogens is 1. The van der Waals surface area contributed by atoms with Crippen molar-refractivity contribution < 1.29 is 19.1 Å². The summed E-state index contributed by atoms with van der Waals surface area (Å²) >= 11 is 7.35. The van der Waals surface area contributed by atoms with Gasteiger partial charge in [0.2, 0.25) is 5.91 Å². The lowest BCUT2D eigenvalue weighted by Crippen LogP contribution is -2.53. The molecule has 3 amide bonds. The molecule has 1 aromatic carbocycles. The maximum atomic E-state index is 13.2. The predicted molar refractivity (Wildman–Crippen MR) is 116 cm³/mol. The number of primary amides is 1. The van der Waals surface area contributed by atoms with Gasteiger partial charge in [0.15, 0.2) is 0 Å². The molecule has 1 saturated heterocycles. The first-order valence-corrected chi connectivity index (χ1v) is 10.7. The van der Waals surface area contributed by atoms with Crippen LogP contribution in [0.4, 0.5) is 4.79 Å². The van der Waals surface area contributed by atoms with E-state index in [2.05, 4.69) is 0 Å². The van der Waals surface area contributed by atoms with Gasteiger partial charge >= 0.3 is 6.09 Å². The molecule has 7 nitrogen and oxygen atoms in total. The normalized spacial score (nSPS) is 17.0.